The molecule has 0 nitrogen and oxygen atoms in total. The molecule has 1 aromatic rings. The molecule has 0 bridgehead atoms. The standard InChI is InChI=1S/C25H28Si.2CH3.Hf/c1-26(23-13-3-2-4-14-23,24-15-19-9-5-6-10-20(19)16-24)25-17-21-11-7-8-12-22(21)18-25;;;/h2-15,17,19-22,24-25H,16,18H2,1H3;2*1H3;/q-2;2*-1;+4. The molecule has 2 saturated carbocycles. The SMILES string of the molecule is C[Si](c1ccccc1)(C1[CH-]C2C=CC=CC2C1)C1[CH-]C2C=CC=CC2C1.[CH3-].[CH3-].[Hf+4]. The molecule has 0 N–H and O–H groups in total. The van der Waals surface area contributed by atoms with Crippen molar-refractivity contribution in [2.45, 2.75) is 30.5 Å². The Labute approximate surface area is 199 Å². The quantitative estimate of drug-likeness (QED) is 0.289. The van der Waals surface area contributed by atoms with Gasteiger partial charge in [-0.2, -0.15) is 11.1 Å². The van der Waals surface area contributed by atoms with Crippen LogP contribution in [0.3, 0.4) is 0 Å². The van der Waals surface area contributed by atoms with E-state index in [-0.39, 0.29) is 40.7 Å². The number of benzene rings is 1. The van der Waals surface area contributed by atoms with Crippen LogP contribution < -0.4 is 5.19 Å². The zero-order chi connectivity index (χ0) is 17.6. The van der Waals surface area contributed by atoms with Crippen molar-refractivity contribution in [3.05, 3.63) is 107 Å². The van der Waals surface area contributed by atoms with E-state index in [4.69, 9.17) is 0 Å². The van der Waals surface area contributed by atoms with E-state index in [2.05, 4.69) is 98.3 Å². The van der Waals surface area contributed by atoms with Gasteiger partial charge in [0.2, 0.25) is 0 Å². The van der Waals surface area contributed by atoms with E-state index in [0.717, 1.165) is 22.9 Å². The fourth-order valence-corrected chi connectivity index (χ4v) is 11.0. The maximum Gasteiger partial charge on any atom is 4.00 e. The van der Waals surface area contributed by atoms with Crippen LogP contribution >= 0.6 is 0 Å². The Hall–Kier alpha value is -0.733. The third-order valence-electron chi connectivity index (χ3n) is 7.49. The summed E-state index contributed by atoms with van der Waals surface area (Å²) in [4.78, 5) is 0. The predicted octanol–water partition coefficient (Wildman–Crippen LogP) is 6.54. The van der Waals surface area contributed by atoms with Gasteiger partial charge in [0.15, 0.2) is 0 Å². The Morgan fingerprint density at radius 1 is 0.724 bits per heavy atom. The molecular weight excluding hydrogens is 531 g/mol. The molecule has 150 valence electrons. The molecule has 6 atom stereocenters. The van der Waals surface area contributed by atoms with Crippen LogP contribution in [0.15, 0.2) is 78.9 Å². The van der Waals surface area contributed by atoms with Crippen molar-refractivity contribution in [3.8, 4) is 0 Å². The molecule has 2 fully saturated rings. The van der Waals surface area contributed by atoms with Gasteiger partial charge in [0.25, 0.3) is 0 Å². The van der Waals surface area contributed by atoms with Crippen LogP contribution in [0, 0.1) is 51.4 Å². The van der Waals surface area contributed by atoms with Crippen LogP contribution in [-0.4, -0.2) is 8.07 Å². The fraction of sp³-hybridized carbons (Fsp3) is 0.333. The second-order valence-electron chi connectivity index (χ2n) is 8.74. The Kier molecular flexibility index (Phi) is 8.50. The van der Waals surface area contributed by atoms with E-state index in [1.165, 1.54) is 12.8 Å². The Morgan fingerprint density at radius 3 is 1.62 bits per heavy atom. The molecule has 0 aromatic heterocycles. The van der Waals surface area contributed by atoms with Gasteiger partial charge in [0.05, 0.1) is 0 Å². The Bertz CT molecular complexity index is 691. The summed E-state index contributed by atoms with van der Waals surface area (Å²) in [6.45, 7) is 2.68. The summed E-state index contributed by atoms with van der Waals surface area (Å²) in [6.07, 6.45) is 26.9. The first-order valence-corrected chi connectivity index (χ1v) is 12.9. The van der Waals surface area contributed by atoms with Crippen molar-refractivity contribution in [2.75, 3.05) is 0 Å². The minimum absolute atomic E-state index is 0. The zero-order valence-corrected chi connectivity index (χ0v) is 22.6. The van der Waals surface area contributed by atoms with Crippen LogP contribution in [-0.2, 0) is 25.8 Å². The first-order chi connectivity index (χ1) is 12.7. The molecule has 0 spiro atoms. The second kappa shape index (κ2) is 10.0. The van der Waals surface area contributed by atoms with Crippen molar-refractivity contribution < 1.29 is 25.8 Å². The summed E-state index contributed by atoms with van der Waals surface area (Å²) in [5.41, 5.74) is 1.53. The number of fused-ring (bicyclic) bond motifs is 2. The van der Waals surface area contributed by atoms with Gasteiger partial charge in [-0.25, -0.2) is 0 Å². The van der Waals surface area contributed by atoms with Crippen molar-refractivity contribution in [1.29, 1.82) is 0 Å². The van der Waals surface area contributed by atoms with Crippen LogP contribution in [0.25, 0.3) is 0 Å². The second-order valence-corrected chi connectivity index (χ2v) is 13.4. The molecular formula is C27H34HfSi. The third kappa shape index (κ3) is 4.35. The average molecular weight is 565 g/mol. The maximum absolute atomic E-state index is 2.73. The number of hydrogen-bond acceptors (Lipinski definition) is 0. The summed E-state index contributed by atoms with van der Waals surface area (Å²) >= 11 is 0. The van der Waals surface area contributed by atoms with Gasteiger partial charge in [-0.15, -0.1) is 24.0 Å². The van der Waals surface area contributed by atoms with E-state index >= 15 is 0 Å². The summed E-state index contributed by atoms with van der Waals surface area (Å²) in [6, 6.07) is 11.5. The maximum atomic E-state index is 2.73. The molecule has 5 rings (SSSR count). The average Bonchev–Trinajstić information content (AvgIpc) is 3.32. The third-order valence-corrected chi connectivity index (χ3v) is 13.0. The van der Waals surface area contributed by atoms with Crippen molar-refractivity contribution >= 4 is 13.3 Å². The molecule has 4 aliphatic carbocycles. The molecule has 0 heterocycles. The normalized spacial score (nSPS) is 35.5. The zero-order valence-electron chi connectivity index (χ0n) is 18.0. The minimum Gasteiger partial charge on any atom is -0.358 e. The van der Waals surface area contributed by atoms with Gasteiger partial charge >= 0.3 is 25.8 Å². The van der Waals surface area contributed by atoms with Crippen molar-refractivity contribution in [1.82, 2.24) is 0 Å². The smallest absolute Gasteiger partial charge is 0.358 e. The van der Waals surface area contributed by atoms with Gasteiger partial charge < -0.3 is 27.7 Å². The fourth-order valence-electron chi connectivity index (χ4n) is 5.90. The Balaban J connectivity index is 0.000001000. The van der Waals surface area contributed by atoms with E-state index in [1.807, 2.05) is 0 Å². The topological polar surface area (TPSA) is 0 Å². The van der Waals surface area contributed by atoms with E-state index in [1.54, 1.807) is 5.19 Å². The number of hydrogen-bond donors (Lipinski definition) is 0. The minimum atomic E-state index is -1.68. The van der Waals surface area contributed by atoms with Gasteiger partial charge in [-0.3, -0.25) is 0 Å². The summed E-state index contributed by atoms with van der Waals surface area (Å²) in [5.74, 6) is 2.76. The first kappa shape index (κ1) is 24.5. The summed E-state index contributed by atoms with van der Waals surface area (Å²) < 4.78 is 0. The van der Waals surface area contributed by atoms with E-state index < -0.39 is 8.07 Å². The molecule has 0 aliphatic heterocycles. The first-order valence-electron chi connectivity index (χ1n) is 10.2. The van der Waals surface area contributed by atoms with Crippen LogP contribution in [0.5, 0.6) is 0 Å². The van der Waals surface area contributed by atoms with E-state index in [9.17, 15) is 0 Å². The van der Waals surface area contributed by atoms with Crippen molar-refractivity contribution in [2.24, 2.45) is 23.7 Å². The molecule has 2 heteroatoms. The summed E-state index contributed by atoms with van der Waals surface area (Å²) in [5, 5.41) is 1.65. The van der Waals surface area contributed by atoms with Gasteiger partial charge in [-0.05, 0) is 11.8 Å². The number of rotatable bonds is 3. The molecule has 4 aliphatic rings. The largest absolute Gasteiger partial charge is 4.00 e. The molecule has 0 saturated heterocycles. The molecule has 6 unspecified atom stereocenters. The molecule has 1 aromatic carbocycles. The van der Waals surface area contributed by atoms with Crippen LogP contribution in [0.1, 0.15) is 12.8 Å². The predicted molar refractivity (Wildman–Crippen MR) is 126 cm³/mol. The van der Waals surface area contributed by atoms with Gasteiger partial charge in [0, 0.05) is 8.07 Å². The molecule has 0 amide bonds. The van der Waals surface area contributed by atoms with E-state index in [0.29, 0.717) is 11.8 Å². The van der Waals surface area contributed by atoms with Gasteiger partial charge in [-0.1, -0.05) is 91.4 Å². The van der Waals surface area contributed by atoms with Gasteiger partial charge in [0.1, 0.15) is 0 Å². The van der Waals surface area contributed by atoms with Crippen LogP contribution in [0.4, 0.5) is 0 Å². The van der Waals surface area contributed by atoms with Crippen molar-refractivity contribution in [3.63, 3.8) is 0 Å². The molecule has 29 heavy (non-hydrogen) atoms. The monoisotopic (exact) mass is 566 g/mol. The Morgan fingerprint density at radius 2 is 1.17 bits per heavy atom. The summed E-state index contributed by atoms with van der Waals surface area (Å²) in [7, 11) is -1.68. The van der Waals surface area contributed by atoms with Crippen LogP contribution in [0.2, 0.25) is 17.6 Å². The molecule has 0 radical (unpaired) electrons. The number of allylic oxidation sites excluding steroid dienone is 8.